The number of nitrogens with zero attached hydrogens (tertiary/aromatic N) is 1. The zero-order chi connectivity index (χ0) is 17.8. The Hall–Kier alpha value is -2.99. The summed E-state index contributed by atoms with van der Waals surface area (Å²) in [6, 6.07) is 14.3. The summed E-state index contributed by atoms with van der Waals surface area (Å²) in [5.41, 5.74) is 3.85. The van der Waals surface area contributed by atoms with Crippen molar-refractivity contribution in [3.8, 4) is 11.3 Å². The molecule has 2 aromatic carbocycles. The maximum Gasteiger partial charge on any atom is 0.337 e. The number of carbonyl (C=O) groups is 2. The molecule has 126 valence electrons. The van der Waals surface area contributed by atoms with Crippen LogP contribution in [0.25, 0.3) is 11.3 Å². The molecule has 0 fully saturated rings. The number of ether oxygens (including phenoxy) is 1. The van der Waals surface area contributed by atoms with Gasteiger partial charge in [-0.3, -0.25) is 10.1 Å². The molecule has 3 rings (SSSR count). The Kier molecular flexibility index (Phi) is 4.90. The number of esters is 1. The standard InChI is InChI=1S/C19H16N2O3S/c1-12-3-5-13(6-4-12)16-11-25-19(20-16)21-17(22)14-7-9-15(10-8-14)18(23)24-2/h3-11H,1-2H3,(H,20,21,22). The van der Waals surface area contributed by atoms with Crippen LogP contribution in [-0.4, -0.2) is 24.0 Å². The van der Waals surface area contributed by atoms with Crippen molar-refractivity contribution in [1.29, 1.82) is 0 Å². The van der Waals surface area contributed by atoms with E-state index in [0.29, 0.717) is 16.3 Å². The van der Waals surface area contributed by atoms with Gasteiger partial charge in [0, 0.05) is 16.5 Å². The van der Waals surface area contributed by atoms with Gasteiger partial charge >= 0.3 is 5.97 Å². The maximum absolute atomic E-state index is 12.3. The number of anilines is 1. The quantitative estimate of drug-likeness (QED) is 0.716. The number of amides is 1. The second-order valence-electron chi connectivity index (χ2n) is 5.43. The largest absolute Gasteiger partial charge is 0.465 e. The van der Waals surface area contributed by atoms with Crippen LogP contribution in [0.4, 0.5) is 5.13 Å². The van der Waals surface area contributed by atoms with Gasteiger partial charge in [0.15, 0.2) is 5.13 Å². The molecule has 0 atom stereocenters. The molecule has 5 nitrogen and oxygen atoms in total. The second-order valence-corrected chi connectivity index (χ2v) is 6.29. The number of hydrogen-bond donors (Lipinski definition) is 1. The minimum absolute atomic E-state index is 0.277. The van der Waals surface area contributed by atoms with Crippen LogP contribution in [0.15, 0.2) is 53.9 Å². The van der Waals surface area contributed by atoms with Crippen LogP contribution in [0.3, 0.4) is 0 Å². The summed E-state index contributed by atoms with van der Waals surface area (Å²) < 4.78 is 4.64. The van der Waals surface area contributed by atoms with E-state index >= 15 is 0 Å². The van der Waals surface area contributed by atoms with Crippen molar-refractivity contribution in [3.05, 3.63) is 70.6 Å². The topological polar surface area (TPSA) is 68.3 Å². The molecule has 0 aliphatic carbocycles. The van der Waals surface area contributed by atoms with Crippen LogP contribution in [-0.2, 0) is 4.74 Å². The van der Waals surface area contributed by atoms with Crippen molar-refractivity contribution < 1.29 is 14.3 Å². The molecule has 1 amide bonds. The van der Waals surface area contributed by atoms with Gasteiger partial charge in [0.25, 0.3) is 5.91 Å². The Bertz CT molecular complexity index is 899. The van der Waals surface area contributed by atoms with E-state index in [4.69, 9.17) is 0 Å². The van der Waals surface area contributed by atoms with Crippen molar-refractivity contribution in [2.75, 3.05) is 12.4 Å². The monoisotopic (exact) mass is 352 g/mol. The highest BCUT2D eigenvalue weighted by molar-refractivity contribution is 7.14. The molecule has 0 bridgehead atoms. The van der Waals surface area contributed by atoms with Gasteiger partial charge in [0.2, 0.25) is 0 Å². The molecular weight excluding hydrogens is 336 g/mol. The summed E-state index contributed by atoms with van der Waals surface area (Å²) in [6.45, 7) is 2.03. The molecular formula is C19H16N2O3S. The number of carbonyl (C=O) groups excluding carboxylic acids is 2. The first-order valence-corrected chi connectivity index (χ1v) is 8.47. The highest BCUT2D eigenvalue weighted by Crippen LogP contribution is 2.25. The van der Waals surface area contributed by atoms with Crippen molar-refractivity contribution in [3.63, 3.8) is 0 Å². The highest BCUT2D eigenvalue weighted by Gasteiger charge is 2.11. The van der Waals surface area contributed by atoms with Crippen LogP contribution >= 0.6 is 11.3 Å². The van der Waals surface area contributed by atoms with Gasteiger partial charge in [0.1, 0.15) is 0 Å². The number of aryl methyl sites for hydroxylation is 1. The minimum atomic E-state index is -0.436. The number of benzene rings is 2. The summed E-state index contributed by atoms with van der Waals surface area (Å²) in [5, 5.41) is 5.20. The molecule has 0 unspecified atom stereocenters. The molecule has 25 heavy (non-hydrogen) atoms. The SMILES string of the molecule is COC(=O)c1ccc(C(=O)Nc2nc(-c3ccc(C)cc3)cs2)cc1. The fourth-order valence-corrected chi connectivity index (χ4v) is 2.95. The fourth-order valence-electron chi connectivity index (χ4n) is 2.23. The second kappa shape index (κ2) is 7.27. The summed E-state index contributed by atoms with van der Waals surface area (Å²) in [7, 11) is 1.32. The first-order valence-electron chi connectivity index (χ1n) is 7.59. The normalized spacial score (nSPS) is 10.3. The lowest BCUT2D eigenvalue weighted by Crippen LogP contribution is -2.12. The minimum Gasteiger partial charge on any atom is -0.465 e. The molecule has 1 N–H and O–H groups in total. The Labute approximate surface area is 149 Å². The van der Waals surface area contributed by atoms with Crippen LogP contribution in [0.2, 0.25) is 0 Å². The molecule has 0 aliphatic heterocycles. The van der Waals surface area contributed by atoms with E-state index in [0.717, 1.165) is 11.3 Å². The van der Waals surface area contributed by atoms with Crippen LogP contribution in [0.1, 0.15) is 26.3 Å². The van der Waals surface area contributed by atoms with Gasteiger partial charge in [-0.1, -0.05) is 29.8 Å². The first kappa shape index (κ1) is 16.9. The Morgan fingerprint density at radius 3 is 2.28 bits per heavy atom. The molecule has 3 aromatic rings. The van der Waals surface area contributed by atoms with E-state index in [1.165, 1.54) is 24.0 Å². The van der Waals surface area contributed by atoms with Crippen LogP contribution in [0, 0.1) is 6.92 Å². The molecule has 1 aromatic heterocycles. The van der Waals surface area contributed by atoms with Gasteiger partial charge in [-0.05, 0) is 31.2 Å². The lowest BCUT2D eigenvalue weighted by atomic mass is 10.1. The Balaban J connectivity index is 1.71. The summed E-state index contributed by atoms with van der Waals surface area (Å²) in [4.78, 5) is 28.2. The Morgan fingerprint density at radius 2 is 1.64 bits per heavy atom. The number of nitrogens with one attached hydrogen (secondary N) is 1. The smallest absolute Gasteiger partial charge is 0.337 e. The van der Waals surface area contributed by atoms with E-state index in [1.54, 1.807) is 24.3 Å². The van der Waals surface area contributed by atoms with E-state index in [-0.39, 0.29) is 5.91 Å². The van der Waals surface area contributed by atoms with E-state index < -0.39 is 5.97 Å². The van der Waals surface area contributed by atoms with Gasteiger partial charge < -0.3 is 4.74 Å². The predicted octanol–water partition coefficient (Wildman–Crippen LogP) is 4.16. The molecule has 0 spiro atoms. The van der Waals surface area contributed by atoms with Gasteiger partial charge in [-0.2, -0.15) is 0 Å². The third kappa shape index (κ3) is 3.92. The predicted molar refractivity (Wildman–Crippen MR) is 98.0 cm³/mol. The summed E-state index contributed by atoms with van der Waals surface area (Å²) >= 11 is 1.37. The van der Waals surface area contributed by atoms with E-state index in [1.807, 2.05) is 36.6 Å². The summed E-state index contributed by atoms with van der Waals surface area (Å²) in [6.07, 6.45) is 0. The van der Waals surface area contributed by atoms with Crippen LogP contribution < -0.4 is 5.32 Å². The lowest BCUT2D eigenvalue weighted by Gasteiger charge is -2.03. The number of aromatic nitrogens is 1. The molecule has 0 radical (unpaired) electrons. The van der Waals surface area contributed by atoms with Gasteiger partial charge in [-0.15, -0.1) is 11.3 Å². The number of hydrogen-bond acceptors (Lipinski definition) is 5. The van der Waals surface area contributed by atoms with Crippen molar-refractivity contribution >= 4 is 28.3 Å². The number of methoxy groups -OCH3 is 1. The van der Waals surface area contributed by atoms with Crippen LogP contribution in [0.5, 0.6) is 0 Å². The van der Waals surface area contributed by atoms with Crippen molar-refractivity contribution in [2.24, 2.45) is 0 Å². The van der Waals surface area contributed by atoms with Gasteiger partial charge in [-0.25, -0.2) is 9.78 Å². The molecule has 0 saturated heterocycles. The van der Waals surface area contributed by atoms with E-state index in [2.05, 4.69) is 15.0 Å². The third-order valence-corrected chi connectivity index (χ3v) is 4.40. The number of thiazole rings is 1. The third-order valence-electron chi connectivity index (χ3n) is 3.64. The maximum atomic E-state index is 12.3. The molecule has 0 saturated carbocycles. The average Bonchev–Trinajstić information content (AvgIpc) is 3.10. The zero-order valence-corrected chi connectivity index (χ0v) is 14.6. The first-order chi connectivity index (χ1) is 12.1. The van der Waals surface area contributed by atoms with Crippen molar-refractivity contribution in [2.45, 2.75) is 6.92 Å². The highest BCUT2D eigenvalue weighted by atomic mass is 32.1. The Morgan fingerprint density at radius 1 is 1.00 bits per heavy atom. The zero-order valence-electron chi connectivity index (χ0n) is 13.8. The number of rotatable bonds is 4. The van der Waals surface area contributed by atoms with E-state index in [9.17, 15) is 9.59 Å². The summed E-state index contributed by atoms with van der Waals surface area (Å²) in [5.74, 6) is -0.712. The lowest BCUT2D eigenvalue weighted by molar-refractivity contribution is 0.0600. The average molecular weight is 352 g/mol. The fraction of sp³-hybridized carbons (Fsp3) is 0.105. The molecule has 0 aliphatic rings. The van der Waals surface area contributed by atoms with Crippen molar-refractivity contribution in [1.82, 2.24) is 4.98 Å². The molecule has 1 heterocycles. The van der Waals surface area contributed by atoms with Gasteiger partial charge in [0.05, 0.1) is 18.4 Å². The molecule has 6 heteroatoms.